The Bertz CT molecular complexity index is 156. The molecule has 1 rings (SSSR count). The Morgan fingerprint density at radius 1 is 1.55 bits per heavy atom. The van der Waals surface area contributed by atoms with Gasteiger partial charge in [0.25, 0.3) is 0 Å². The monoisotopic (exact) mass is 155 g/mol. The molecule has 11 heavy (non-hydrogen) atoms. The van der Waals surface area contributed by atoms with Gasteiger partial charge in [0.15, 0.2) is 0 Å². The second-order valence-corrected chi connectivity index (χ2v) is 2.94. The minimum Gasteiger partial charge on any atom is -0.358 e. The molecule has 0 bridgehead atoms. The van der Waals surface area contributed by atoms with E-state index in [-0.39, 0.29) is 5.92 Å². The smallest absolute Gasteiger partial charge is 0.207 e. The zero-order chi connectivity index (χ0) is 8.10. The van der Waals surface area contributed by atoms with Crippen LogP contribution in [0.3, 0.4) is 0 Å². The molecule has 1 atom stereocenters. The van der Waals surface area contributed by atoms with Gasteiger partial charge in [-0.1, -0.05) is 6.42 Å². The SMILES string of the molecule is O=CNC[C@@H]1CCCCC1=O. The molecular formula is C8H13NO2. The molecule has 0 aromatic rings. The third kappa shape index (κ3) is 2.33. The topological polar surface area (TPSA) is 46.2 Å². The second-order valence-electron chi connectivity index (χ2n) is 2.94. The quantitative estimate of drug-likeness (QED) is 0.603. The zero-order valence-electron chi connectivity index (χ0n) is 6.51. The Kier molecular flexibility index (Phi) is 3.08. The second kappa shape index (κ2) is 4.11. The molecule has 0 unspecified atom stereocenters. The molecule has 1 fully saturated rings. The van der Waals surface area contributed by atoms with Crippen molar-refractivity contribution in [3.05, 3.63) is 0 Å². The standard InChI is InChI=1S/C8H13NO2/c10-6-9-5-7-3-1-2-4-8(7)11/h6-7H,1-5H2,(H,9,10)/t7-/m0/s1. The highest BCUT2D eigenvalue weighted by Gasteiger charge is 2.21. The van der Waals surface area contributed by atoms with E-state index in [2.05, 4.69) is 5.32 Å². The van der Waals surface area contributed by atoms with E-state index in [0.717, 1.165) is 19.3 Å². The number of Topliss-reactive ketones (excluding diaryl/α,β-unsaturated/α-hetero) is 1. The van der Waals surface area contributed by atoms with Crippen LogP contribution in [0, 0.1) is 5.92 Å². The Balaban J connectivity index is 2.29. The number of hydrogen-bond acceptors (Lipinski definition) is 2. The summed E-state index contributed by atoms with van der Waals surface area (Å²) in [6.45, 7) is 0.530. The molecule has 1 N–H and O–H groups in total. The summed E-state index contributed by atoms with van der Waals surface area (Å²) in [7, 11) is 0. The minimum atomic E-state index is 0.0916. The van der Waals surface area contributed by atoms with E-state index in [1.54, 1.807) is 0 Å². The van der Waals surface area contributed by atoms with E-state index >= 15 is 0 Å². The van der Waals surface area contributed by atoms with Gasteiger partial charge in [0, 0.05) is 18.9 Å². The van der Waals surface area contributed by atoms with Crippen LogP contribution in [0.15, 0.2) is 0 Å². The molecule has 1 saturated carbocycles. The average molecular weight is 155 g/mol. The first kappa shape index (κ1) is 8.24. The van der Waals surface area contributed by atoms with Crippen LogP contribution in [0.5, 0.6) is 0 Å². The van der Waals surface area contributed by atoms with Gasteiger partial charge in [-0.3, -0.25) is 9.59 Å². The summed E-state index contributed by atoms with van der Waals surface area (Å²) >= 11 is 0. The Morgan fingerprint density at radius 2 is 2.36 bits per heavy atom. The van der Waals surface area contributed by atoms with Crippen molar-refractivity contribution in [1.29, 1.82) is 0 Å². The van der Waals surface area contributed by atoms with Gasteiger partial charge in [-0.25, -0.2) is 0 Å². The van der Waals surface area contributed by atoms with Gasteiger partial charge in [0.05, 0.1) is 0 Å². The van der Waals surface area contributed by atoms with Crippen molar-refractivity contribution in [2.75, 3.05) is 6.54 Å². The molecule has 1 aliphatic carbocycles. The lowest BCUT2D eigenvalue weighted by Gasteiger charge is -2.19. The molecule has 3 heteroatoms. The Hall–Kier alpha value is -0.860. The molecule has 0 saturated heterocycles. The van der Waals surface area contributed by atoms with E-state index in [4.69, 9.17) is 0 Å². The lowest BCUT2D eigenvalue weighted by atomic mass is 9.88. The van der Waals surface area contributed by atoms with Crippen LogP contribution < -0.4 is 5.32 Å². The molecule has 0 spiro atoms. The molecule has 1 amide bonds. The summed E-state index contributed by atoms with van der Waals surface area (Å²) in [6, 6.07) is 0. The number of amides is 1. The molecule has 1 aliphatic rings. The van der Waals surface area contributed by atoms with Crippen molar-refractivity contribution in [2.24, 2.45) is 5.92 Å². The summed E-state index contributed by atoms with van der Waals surface area (Å²) in [6.07, 6.45) is 4.44. The van der Waals surface area contributed by atoms with Crippen LogP contribution in [0.25, 0.3) is 0 Å². The number of carbonyl (C=O) groups excluding carboxylic acids is 2. The van der Waals surface area contributed by atoms with Crippen molar-refractivity contribution in [3.63, 3.8) is 0 Å². The lowest BCUT2D eigenvalue weighted by Crippen LogP contribution is -2.29. The van der Waals surface area contributed by atoms with Crippen molar-refractivity contribution in [1.82, 2.24) is 5.32 Å². The summed E-state index contributed by atoms with van der Waals surface area (Å²) < 4.78 is 0. The molecular weight excluding hydrogens is 142 g/mol. The van der Waals surface area contributed by atoms with Crippen LogP contribution in [-0.4, -0.2) is 18.7 Å². The van der Waals surface area contributed by atoms with Gasteiger partial charge in [0.2, 0.25) is 6.41 Å². The van der Waals surface area contributed by atoms with Gasteiger partial charge >= 0.3 is 0 Å². The van der Waals surface area contributed by atoms with Gasteiger partial charge < -0.3 is 5.32 Å². The fourth-order valence-corrected chi connectivity index (χ4v) is 1.46. The van der Waals surface area contributed by atoms with E-state index in [1.165, 1.54) is 0 Å². The van der Waals surface area contributed by atoms with Crippen LogP contribution >= 0.6 is 0 Å². The molecule has 3 nitrogen and oxygen atoms in total. The van der Waals surface area contributed by atoms with Crippen molar-refractivity contribution < 1.29 is 9.59 Å². The first-order valence-corrected chi connectivity index (χ1v) is 4.04. The molecule has 62 valence electrons. The third-order valence-electron chi connectivity index (χ3n) is 2.13. The van der Waals surface area contributed by atoms with Crippen molar-refractivity contribution >= 4 is 12.2 Å². The maximum absolute atomic E-state index is 11.1. The summed E-state index contributed by atoms with van der Waals surface area (Å²) in [5, 5.41) is 2.55. The maximum atomic E-state index is 11.1. The van der Waals surface area contributed by atoms with Gasteiger partial charge in [-0.2, -0.15) is 0 Å². The normalized spacial score (nSPS) is 24.7. The lowest BCUT2D eigenvalue weighted by molar-refractivity contribution is -0.124. The fraction of sp³-hybridized carbons (Fsp3) is 0.750. The molecule has 0 aromatic heterocycles. The molecule has 0 heterocycles. The van der Waals surface area contributed by atoms with Crippen LogP contribution in [0.4, 0.5) is 0 Å². The number of ketones is 1. The Labute approximate surface area is 66.2 Å². The van der Waals surface area contributed by atoms with Gasteiger partial charge in [0.1, 0.15) is 5.78 Å². The van der Waals surface area contributed by atoms with Crippen LogP contribution in [0.1, 0.15) is 25.7 Å². The summed E-state index contributed by atoms with van der Waals surface area (Å²) in [5.74, 6) is 0.402. The van der Waals surface area contributed by atoms with Crippen molar-refractivity contribution in [2.45, 2.75) is 25.7 Å². The number of carbonyl (C=O) groups is 2. The fourth-order valence-electron chi connectivity index (χ4n) is 1.46. The highest BCUT2D eigenvalue weighted by Crippen LogP contribution is 2.19. The average Bonchev–Trinajstić information content (AvgIpc) is 2.03. The summed E-state index contributed by atoms with van der Waals surface area (Å²) in [5.41, 5.74) is 0. The predicted molar refractivity (Wildman–Crippen MR) is 41.0 cm³/mol. The Morgan fingerprint density at radius 3 is 3.00 bits per heavy atom. The van der Waals surface area contributed by atoms with Gasteiger partial charge in [-0.05, 0) is 12.8 Å². The number of hydrogen-bond donors (Lipinski definition) is 1. The first-order valence-electron chi connectivity index (χ1n) is 4.04. The minimum absolute atomic E-state index is 0.0916. The van der Waals surface area contributed by atoms with E-state index in [9.17, 15) is 9.59 Å². The number of nitrogens with one attached hydrogen (secondary N) is 1. The number of rotatable bonds is 3. The maximum Gasteiger partial charge on any atom is 0.207 e. The molecule has 0 aliphatic heterocycles. The third-order valence-corrected chi connectivity index (χ3v) is 2.13. The highest BCUT2D eigenvalue weighted by molar-refractivity contribution is 5.82. The van der Waals surface area contributed by atoms with Crippen LogP contribution in [0.2, 0.25) is 0 Å². The largest absolute Gasteiger partial charge is 0.358 e. The summed E-state index contributed by atoms with van der Waals surface area (Å²) in [4.78, 5) is 21.1. The predicted octanol–water partition coefficient (Wildman–Crippen LogP) is 0.492. The van der Waals surface area contributed by atoms with E-state index < -0.39 is 0 Å². The zero-order valence-corrected chi connectivity index (χ0v) is 6.51. The highest BCUT2D eigenvalue weighted by atomic mass is 16.1. The van der Waals surface area contributed by atoms with Crippen molar-refractivity contribution in [3.8, 4) is 0 Å². The van der Waals surface area contributed by atoms with Gasteiger partial charge in [-0.15, -0.1) is 0 Å². The van der Waals surface area contributed by atoms with E-state index in [0.29, 0.717) is 25.2 Å². The molecule has 0 radical (unpaired) electrons. The first-order chi connectivity index (χ1) is 5.34. The molecule has 0 aromatic carbocycles. The van der Waals surface area contributed by atoms with E-state index in [1.807, 2.05) is 0 Å². The van der Waals surface area contributed by atoms with Crippen LogP contribution in [-0.2, 0) is 9.59 Å².